The van der Waals surface area contributed by atoms with Crippen molar-refractivity contribution in [3.63, 3.8) is 0 Å². The molecule has 0 amide bonds. The molecule has 1 unspecified atom stereocenters. The molecule has 0 N–H and O–H groups in total. The van der Waals surface area contributed by atoms with Gasteiger partial charge in [-0.15, -0.1) is 11.3 Å². The second-order valence-corrected chi connectivity index (χ2v) is 8.63. The molecule has 4 aromatic rings. The minimum absolute atomic E-state index is 0.485. The van der Waals surface area contributed by atoms with E-state index in [4.69, 9.17) is 5.10 Å². The van der Waals surface area contributed by atoms with Gasteiger partial charge in [0, 0.05) is 28.1 Å². The molecule has 146 valence electrons. The molecule has 0 aliphatic carbocycles. The summed E-state index contributed by atoms with van der Waals surface area (Å²) >= 11 is 1.86. The lowest BCUT2D eigenvalue weighted by Gasteiger charge is -2.48. The van der Waals surface area contributed by atoms with E-state index >= 15 is 0 Å². The smallest absolute Gasteiger partial charge is 0.189 e. The van der Waals surface area contributed by atoms with Crippen LogP contribution in [0.2, 0.25) is 0 Å². The van der Waals surface area contributed by atoms with Crippen molar-refractivity contribution in [2.24, 2.45) is 5.10 Å². The molecule has 2 aliphatic rings. The minimum atomic E-state index is -0.485. The topological polar surface area (TPSA) is 18.8 Å². The summed E-state index contributed by atoms with van der Waals surface area (Å²) in [4.78, 5) is 3.94. The monoisotopic (exact) mass is 407 g/mol. The number of rotatable bonds is 3. The molecular weight excluding hydrogens is 386 g/mol. The Morgan fingerprint density at radius 3 is 2.17 bits per heavy atom. The molecule has 0 bridgehead atoms. The Morgan fingerprint density at radius 1 is 0.767 bits per heavy atom. The molecule has 3 nitrogen and oxygen atoms in total. The number of hydrazone groups is 1. The molecule has 0 spiro atoms. The van der Waals surface area contributed by atoms with Crippen LogP contribution >= 0.6 is 11.3 Å². The maximum Gasteiger partial charge on any atom is 0.189 e. The van der Waals surface area contributed by atoms with Crippen LogP contribution in [0.4, 0.5) is 5.69 Å². The summed E-state index contributed by atoms with van der Waals surface area (Å²) < 4.78 is 0. The van der Waals surface area contributed by atoms with Gasteiger partial charge in [-0.2, -0.15) is 5.10 Å². The quantitative estimate of drug-likeness (QED) is 0.434. The first kappa shape index (κ1) is 17.5. The zero-order valence-corrected chi connectivity index (χ0v) is 17.3. The van der Waals surface area contributed by atoms with Gasteiger partial charge in [-0.05, 0) is 30.0 Å². The molecular formula is C26H21N3S. The largest absolute Gasteiger partial charge is 0.322 e. The summed E-state index contributed by atoms with van der Waals surface area (Å²) in [5.74, 6) is 1.03. The van der Waals surface area contributed by atoms with Crippen molar-refractivity contribution in [2.75, 3.05) is 11.6 Å². The summed E-state index contributed by atoms with van der Waals surface area (Å²) in [6.45, 7) is 0.930. The van der Waals surface area contributed by atoms with Crippen LogP contribution in [0.15, 0.2) is 108 Å². The van der Waals surface area contributed by atoms with Crippen LogP contribution in [-0.4, -0.2) is 17.3 Å². The fraction of sp³-hybridized carbons (Fsp3) is 0.115. The van der Waals surface area contributed by atoms with E-state index in [1.165, 1.54) is 16.0 Å². The summed E-state index contributed by atoms with van der Waals surface area (Å²) in [7, 11) is 0. The second-order valence-electron chi connectivity index (χ2n) is 7.63. The van der Waals surface area contributed by atoms with E-state index in [2.05, 4.69) is 112 Å². The van der Waals surface area contributed by atoms with Crippen molar-refractivity contribution in [3.8, 4) is 0 Å². The zero-order valence-electron chi connectivity index (χ0n) is 16.5. The summed E-state index contributed by atoms with van der Waals surface area (Å²) in [5.41, 5.74) is 4.33. The fourth-order valence-electron chi connectivity index (χ4n) is 4.79. The Bertz CT molecular complexity index is 1200. The van der Waals surface area contributed by atoms with E-state index in [-0.39, 0.29) is 0 Å². The maximum atomic E-state index is 5.28. The predicted octanol–water partition coefficient (Wildman–Crippen LogP) is 5.69. The van der Waals surface area contributed by atoms with Gasteiger partial charge in [-0.25, -0.2) is 5.01 Å². The standard InChI is InChI=1S/C26H21N3S/c1-4-10-20(11-5-1)25-27-29(22-14-8-3-9-15-22)26(21-12-6-2-7-13-21)23-17-19-30-24(23)16-18-28(25)26/h1-15,17,19H,16,18H2. The second kappa shape index (κ2) is 6.85. The first-order valence-electron chi connectivity index (χ1n) is 10.3. The number of para-hydroxylation sites is 1. The molecule has 1 aromatic heterocycles. The van der Waals surface area contributed by atoms with Crippen LogP contribution in [0.25, 0.3) is 0 Å². The Labute approximate surface area is 180 Å². The lowest BCUT2D eigenvalue weighted by molar-refractivity contribution is 0.223. The van der Waals surface area contributed by atoms with Crippen molar-refractivity contribution in [2.45, 2.75) is 12.1 Å². The van der Waals surface area contributed by atoms with E-state index in [9.17, 15) is 0 Å². The third-order valence-corrected chi connectivity index (χ3v) is 7.02. The number of benzene rings is 3. The van der Waals surface area contributed by atoms with Gasteiger partial charge < -0.3 is 4.90 Å². The van der Waals surface area contributed by atoms with Crippen molar-refractivity contribution < 1.29 is 0 Å². The van der Waals surface area contributed by atoms with E-state index in [1.54, 1.807) is 0 Å². The molecule has 3 aromatic carbocycles. The minimum Gasteiger partial charge on any atom is -0.322 e. The lowest BCUT2D eigenvalue weighted by atomic mass is 9.85. The number of fused-ring (bicyclic) bond motifs is 3. The van der Waals surface area contributed by atoms with E-state index in [1.807, 2.05) is 11.3 Å². The Kier molecular flexibility index (Phi) is 3.99. The normalized spacial score (nSPS) is 19.9. The third-order valence-electron chi connectivity index (χ3n) is 6.04. The first-order chi connectivity index (χ1) is 14.9. The van der Waals surface area contributed by atoms with Gasteiger partial charge in [0.1, 0.15) is 0 Å². The number of hydrogen-bond acceptors (Lipinski definition) is 4. The Morgan fingerprint density at radius 2 is 1.43 bits per heavy atom. The third kappa shape index (κ3) is 2.40. The molecule has 0 saturated heterocycles. The van der Waals surface area contributed by atoms with Gasteiger partial charge in [-0.3, -0.25) is 0 Å². The highest BCUT2D eigenvalue weighted by Crippen LogP contribution is 2.51. The predicted molar refractivity (Wildman–Crippen MR) is 124 cm³/mol. The summed E-state index contributed by atoms with van der Waals surface area (Å²) in [5, 5.41) is 9.74. The average molecular weight is 408 g/mol. The van der Waals surface area contributed by atoms with Gasteiger partial charge in [0.05, 0.1) is 5.69 Å². The van der Waals surface area contributed by atoms with Crippen LogP contribution in [0, 0.1) is 0 Å². The summed E-state index contributed by atoms with van der Waals surface area (Å²) in [6, 6.07) is 34.2. The highest BCUT2D eigenvalue weighted by Gasteiger charge is 2.55. The molecule has 6 rings (SSSR count). The van der Waals surface area contributed by atoms with Crippen LogP contribution in [-0.2, 0) is 12.1 Å². The highest BCUT2D eigenvalue weighted by molar-refractivity contribution is 7.10. The number of hydrogen-bond donors (Lipinski definition) is 0. The molecule has 3 heterocycles. The van der Waals surface area contributed by atoms with Crippen molar-refractivity contribution in [1.29, 1.82) is 0 Å². The molecule has 0 saturated carbocycles. The first-order valence-corrected chi connectivity index (χ1v) is 11.2. The molecule has 2 aliphatic heterocycles. The zero-order chi connectivity index (χ0) is 20.0. The van der Waals surface area contributed by atoms with Crippen LogP contribution in [0.3, 0.4) is 0 Å². The summed E-state index contributed by atoms with van der Waals surface area (Å²) in [6.07, 6.45) is 1.04. The van der Waals surface area contributed by atoms with Crippen LogP contribution in [0.5, 0.6) is 0 Å². The molecule has 0 radical (unpaired) electrons. The molecule has 30 heavy (non-hydrogen) atoms. The molecule has 4 heteroatoms. The fourth-order valence-corrected chi connectivity index (χ4v) is 5.71. The number of thiophene rings is 1. The molecule has 0 fully saturated rings. The van der Waals surface area contributed by atoms with Crippen molar-refractivity contribution >= 4 is 22.9 Å². The maximum absolute atomic E-state index is 5.28. The number of anilines is 1. The van der Waals surface area contributed by atoms with E-state index in [0.717, 1.165) is 30.1 Å². The Balaban J connectivity index is 1.67. The number of amidine groups is 1. The Hall–Kier alpha value is -3.37. The highest BCUT2D eigenvalue weighted by atomic mass is 32.1. The van der Waals surface area contributed by atoms with Gasteiger partial charge in [0.25, 0.3) is 0 Å². The average Bonchev–Trinajstić information content (AvgIpc) is 3.44. The molecule has 1 atom stereocenters. The van der Waals surface area contributed by atoms with Crippen LogP contribution < -0.4 is 5.01 Å². The van der Waals surface area contributed by atoms with Gasteiger partial charge in [0.2, 0.25) is 0 Å². The van der Waals surface area contributed by atoms with Crippen molar-refractivity contribution in [3.05, 3.63) is 124 Å². The van der Waals surface area contributed by atoms with Crippen LogP contribution in [0.1, 0.15) is 21.6 Å². The van der Waals surface area contributed by atoms with E-state index in [0.29, 0.717) is 0 Å². The lowest BCUT2D eigenvalue weighted by Crippen LogP contribution is -2.57. The SMILES string of the molecule is c1ccc(C2=NN(c3ccccc3)C3(c4ccccc4)c4ccsc4CCN23)cc1. The van der Waals surface area contributed by atoms with E-state index < -0.39 is 5.66 Å². The number of nitrogens with zero attached hydrogens (tertiary/aromatic N) is 3. The van der Waals surface area contributed by atoms with Gasteiger partial charge >= 0.3 is 0 Å². The van der Waals surface area contributed by atoms with Gasteiger partial charge in [-0.1, -0.05) is 78.9 Å². The van der Waals surface area contributed by atoms with Gasteiger partial charge in [0.15, 0.2) is 11.5 Å². The van der Waals surface area contributed by atoms with Crippen molar-refractivity contribution in [1.82, 2.24) is 4.90 Å².